The van der Waals surface area contributed by atoms with Crippen LogP contribution in [0.4, 0.5) is 5.00 Å². The minimum atomic E-state index is 0.846. The third kappa shape index (κ3) is 2.15. The zero-order valence-corrected chi connectivity index (χ0v) is 11.4. The highest BCUT2D eigenvalue weighted by Crippen LogP contribution is 2.39. The van der Waals surface area contributed by atoms with Crippen molar-refractivity contribution in [3.63, 3.8) is 0 Å². The first-order chi connectivity index (χ1) is 8.02. The summed E-state index contributed by atoms with van der Waals surface area (Å²) in [7, 11) is 1.71. The maximum absolute atomic E-state index is 5.86. The normalized spacial score (nSPS) is 10.6. The lowest BCUT2D eigenvalue weighted by atomic mass is 9.99. The van der Waals surface area contributed by atoms with Crippen molar-refractivity contribution in [3.05, 3.63) is 34.2 Å². The van der Waals surface area contributed by atoms with E-state index >= 15 is 0 Å². The molecule has 0 aliphatic carbocycles. The van der Waals surface area contributed by atoms with E-state index in [0.29, 0.717) is 0 Å². The quantitative estimate of drug-likeness (QED) is 0.872. The maximum Gasteiger partial charge on any atom is 0.129 e. The summed E-state index contributed by atoms with van der Waals surface area (Å²) in [4.78, 5) is 1.23. The van der Waals surface area contributed by atoms with Crippen LogP contribution in [0.15, 0.2) is 18.2 Å². The Kier molecular flexibility index (Phi) is 3.11. The predicted molar refractivity (Wildman–Crippen MR) is 74.9 cm³/mol. The standard InChI is InChI=1S/C14H17NOS/c1-8-5-9(2)14(16-4)12(6-8)11-7-13(15)17-10(11)3/h5-7H,15H2,1-4H3. The number of benzene rings is 1. The molecule has 0 bridgehead atoms. The molecule has 0 amide bonds. The Morgan fingerprint density at radius 3 is 2.29 bits per heavy atom. The van der Waals surface area contributed by atoms with Crippen molar-refractivity contribution >= 4 is 16.3 Å². The number of ether oxygens (including phenoxy) is 1. The van der Waals surface area contributed by atoms with Crippen molar-refractivity contribution in [2.45, 2.75) is 20.8 Å². The van der Waals surface area contributed by atoms with Gasteiger partial charge in [-0.3, -0.25) is 0 Å². The van der Waals surface area contributed by atoms with E-state index < -0.39 is 0 Å². The van der Waals surface area contributed by atoms with Crippen LogP contribution < -0.4 is 10.5 Å². The van der Waals surface area contributed by atoms with E-state index in [4.69, 9.17) is 10.5 Å². The average molecular weight is 247 g/mol. The van der Waals surface area contributed by atoms with Crippen LogP contribution in [0, 0.1) is 20.8 Å². The van der Waals surface area contributed by atoms with Gasteiger partial charge in [0, 0.05) is 16.0 Å². The molecule has 2 rings (SSSR count). The van der Waals surface area contributed by atoms with Crippen molar-refractivity contribution in [2.24, 2.45) is 0 Å². The van der Waals surface area contributed by atoms with Gasteiger partial charge >= 0.3 is 0 Å². The molecular formula is C14H17NOS. The van der Waals surface area contributed by atoms with Crippen LogP contribution >= 0.6 is 11.3 Å². The molecule has 0 saturated carbocycles. The lowest BCUT2D eigenvalue weighted by Gasteiger charge is -2.12. The highest BCUT2D eigenvalue weighted by molar-refractivity contribution is 7.16. The van der Waals surface area contributed by atoms with E-state index in [9.17, 15) is 0 Å². The van der Waals surface area contributed by atoms with E-state index in [0.717, 1.165) is 21.9 Å². The molecule has 1 aromatic carbocycles. The van der Waals surface area contributed by atoms with E-state index in [-0.39, 0.29) is 0 Å². The summed E-state index contributed by atoms with van der Waals surface area (Å²) in [5, 5.41) is 0.846. The molecule has 0 spiro atoms. The summed E-state index contributed by atoms with van der Waals surface area (Å²) in [5.74, 6) is 0.941. The van der Waals surface area contributed by atoms with Gasteiger partial charge in [-0.15, -0.1) is 11.3 Å². The van der Waals surface area contributed by atoms with Crippen LogP contribution in [-0.2, 0) is 0 Å². The topological polar surface area (TPSA) is 35.2 Å². The number of hydrogen-bond acceptors (Lipinski definition) is 3. The summed E-state index contributed by atoms with van der Waals surface area (Å²) in [5.41, 5.74) is 10.6. The number of thiophene rings is 1. The van der Waals surface area contributed by atoms with Crippen LogP contribution in [-0.4, -0.2) is 7.11 Å². The van der Waals surface area contributed by atoms with Gasteiger partial charge in [-0.05, 0) is 44.0 Å². The molecule has 3 heteroatoms. The highest BCUT2D eigenvalue weighted by atomic mass is 32.1. The van der Waals surface area contributed by atoms with Gasteiger partial charge < -0.3 is 10.5 Å². The second-order valence-electron chi connectivity index (χ2n) is 4.28. The molecule has 17 heavy (non-hydrogen) atoms. The predicted octanol–water partition coefficient (Wildman–Crippen LogP) is 3.93. The van der Waals surface area contributed by atoms with Crippen LogP contribution in [0.25, 0.3) is 11.1 Å². The molecule has 2 nitrogen and oxygen atoms in total. The monoisotopic (exact) mass is 247 g/mol. The van der Waals surface area contributed by atoms with Crippen molar-refractivity contribution in [1.29, 1.82) is 0 Å². The summed E-state index contributed by atoms with van der Waals surface area (Å²) in [6.45, 7) is 6.26. The van der Waals surface area contributed by atoms with Gasteiger partial charge in [0.05, 0.1) is 12.1 Å². The van der Waals surface area contributed by atoms with E-state index in [2.05, 4.69) is 32.9 Å². The molecule has 0 radical (unpaired) electrons. The van der Waals surface area contributed by atoms with Gasteiger partial charge in [-0.25, -0.2) is 0 Å². The Morgan fingerprint density at radius 1 is 1.06 bits per heavy atom. The lowest BCUT2D eigenvalue weighted by molar-refractivity contribution is 0.413. The molecule has 0 saturated heterocycles. The summed E-state index contributed by atoms with van der Waals surface area (Å²) in [6, 6.07) is 6.31. The Labute approximate surface area is 106 Å². The second-order valence-corrected chi connectivity index (χ2v) is 5.57. The van der Waals surface area contributed by atoms with Crippen molar-refractivity contribution in [3.8, 4) is 16.9 Å². The third-order valence-corrected chi connectivity index (χ3v) is 3.73. The van der Waals surface area contributed by atoms with Gasteiger partial charge in [-0.1, -0.05) is 6.07 Å². The number of anilines is 1. The highest BCUT2D eigenvalue weighted by Gasteiger charge is 2.13. The Balaban J connectivity index is 2.69. The largest absolute Gasteiger partial charge is 0.496 e. The molecule has 0 unspecified atom stereocenters. The fourth-order valence-electron chi connectivity index (χ4n) is 2.20. The van der Waals surface area contributed by atoms with Crippen LogP contribution in [0.5, 0.6) is 5.75 Å². The average Bonchev–Trinajstić information content (AvgIpc) is 2.56. The number of nitrogen functional groups attached to an aromatic ring is 1. The van der Waals surface area contributed by atoms with Crippen molar-refractivity contribution in [2.75, 3.05) is 12.8 Å². The molecule has 1 heterocycles. The van der Waals surface area contributed by atoms with Gasteiger partial charge in [0.1, 0.15) is 5.75 Å². The van der Waals surface area contributed by atoms with Crippen molar-refractivity contribution < 1.29 is 4.74 Å². The summed E-state index contributed by atoms with van der Waals surface area (Å²) < 4.78 is 5.51. The minimum absolute atomic E-state index is 0.846. The third-order valence-electron chi connectivity index (χ3n) is 2.85. The van der Waals surface area contributed by atoms with Gasteiger partial charge in [0.2, 0.25) is 0 Å². The molecule has 0 atom stereocenters. The summed E-state index contributed by atoms with van der Waals surface area (Å²) >= 11 is 1.62. The molecule has 90 valence electrons. The van der Waals surface area contributed by atoms with Gasteiger partial charge in [0.25, 0.3) is 0 Å². The number of rotatable bonds is 2. The Bertz CT molecular complexity index is 558. The maximum atomic E-state index is 5.86. The Hall–Kier alpha value is -1.48. The van der Waals surface area contributed by atoms with Crippen LogP contribution in [0.2, 0.25) is 0 Å². The molecule has 2 aromatic rings. The first kappa shape index (κ1) is 12.0. The SMILES string of the molecule is COc1c(C)cc(C)cc1-c1cc(N)sc1C. The molecule has 0 aliphatic heterocycles. The minimum Gasteiger partial charge on any atom is -0.496 e. The van der Waals surface area contributed by atoms with Crippen molar-refractivity contribution in [1.82, 2.24) is 0 Å². The smallest absolute Gasteiger partial charge is 0.129 e. The van der Waals surface area contributed by atoms with Gasteiger partial charge in [-0.2, -0.15) is 0 Å². The first-order valence-electron chi connectivity index (χ1n) is 5.54. The molecule has 0 fully saturated rings. The van der Waals surface area contributed by atoms with Crippen LogP contribution in [0.3, 0.4) is 0 Å². The number of nitrogens with two attached hydrogens (primary N) is 1. The number of aryl methyl sites for hydroxylation is 3. The fraction of sp³-hybridized carbons (Fsp3) is 0.286. The van der Waals surface area contributed by atoms with Crippen LogP contribution in [0.1, 0.15) is 16.0 Å². The fourth-order valence-corrected chi connectivity index (χ4v) is 3.01. The Morgan fingerprint density at radius 2 is 1.76 bits per heavy atom. The van der Waals surface area contributed by atoms with E-state index in [1.165, 1.54) is 16.0 Å². The summed E-state index contributed by atoms with van der Waals surface area (Å²) in [6.07, 6.45) is 0. The molecule has 0 aliphatic rings. The van der Waals surface area contributed by atoms with E-state index in [1.807, 2.05) is 6.07 Å². The number of hydrogen-bond donors (Lipinski definition) is 1. The zero-order valence-electron chi connectivity index (χ0n) is 10.6. The lowest BCUT2D eigenvalue weighted by Crippen LogP contribution is -1.92. The van der Waals surface area contributed by atoms with E-state index in [1.54, 1.807) is 18.4 Å². The molecule has 2 N–H and O–H groups in total. The molecule has 1 aromatic heterocycles. The first-order valence-corrected chi connectivity index (χ1v) is 6.36. The zero-order chi connectivity index (χ0) is 12.6. The second kappa shape index (κ2) is 4.41. The number of methoxy groups -OCH3 is 1. The molecular weight excluding hydrogens is 230 g/mol. The van der Waals surface area contributed by atoms with Gasteiger partial charge in [0.15, 0.2) is 0 Å².